The van der Waals surface area contributed by atoms with Gasteiger partial charge in [-0.3, -0.25) is 4.79 Å². The van der Waals surface area contributed by atoms with Crippen molar-refractivity contribution in [3.63, 3.8) is 0 Å². The van der Waals surface area contributed by atoms with Crippen molar-refractivity contribution >= 4 is 22.9 Å². The predicted molar refractivity (Wildman–Crippen MR) is 78.0 cm³/mol. The molecule has 3 nitrogen and oxygen atoms in total. The second-order valence-electron chi connectivity index (χ2n) is 5.15. The third-order valence-corrected chi connectivity index (χ3v) is 4.24. The summed E-state index contributed by atoms with van der Waals surface area (Å²) in [7, 11) is 0. The van der Waals surface area contributed by atoms with E-state index in [0.29, 0.717) is 6.54 Å². The Hall–Kier alpha value is -1.95. The van der Waals surface area contributed by atoms with Gasteiger partial charge in [-0.05, 0) is 41.3 Å². The average molecular weight is 308 g/mol. The monoisotopic (exact) mass is 308 g/mol. The molecule has 0 saturated heterocycles. The lowest BCUT2D eigenvalue weighted by Gasteiger charge is -2.23. The standard InChI is InChI=1S/C15H14F2N2OS/c16-12-5-11(14(18)6-13(12)17)15(20)19(10-1-2-10)7-9-3-4-21-8-9/h3-6,8,10H,1-2,7,18H2. The normalized spacial score (nSPS) is 14.2. The van der Waals surface area contributed by atoms with Crippen LogP contribution >= 0.6 is 11.3 Å². The van der Waals surface area contributed by atoms with Crippen LogP contribution in [0.5, 0.6) is 0 Å². The Labute approximate surface area is 125 Å². The van der Waals surface area contributed by atoms with Gasteiger partial charge in [0.1, 0.15) is 0 Å². The first-order valence-corrected chi connectivity index (χ1v) is 7.57. The van der Waals surface area contributed by atoms with Gasteiger partial charge in [-0.1, -0.05) is 0 Å². The van der Waals surface area contributed by atoms with Gasteiger partial charge < -0.3 is 10.6 Å². The van der Waals surface area contributed by atoms with Gasteiger partial charge in [0.05, 0.1) is 5.56 Å². The van der Waals surface area contributed by atoms with E-state index in [-0.39, 0.29) is 23.2 Å². The van der Waals surface area contributed by atoms with Crippen LogP contribution in [0.25, 0.3) is 0 Å². The molecule has 0 unspecified atom stereocenters. The first kappa shape index (κ1) is 14.0. The molecule has 1 saturated carbocycles. The van der Waals surface area contributed by atoms with Crippen molar-refractivity contribution in [2.75, 3.05) is 5.73 Å². The zero-order chi connectivity index (χ0) is 15.0. The molecule has 3 rings (SSSR count). The highest BCUT2D eigenvalue weighted by atomic mass is 32.1. The Balaban J connectivity index is 1.89. The summed E-state index contributed by atoms with van der Waals surface area (Å²) in [6, 6.07) is 3.85. The number of benzene rings is 1. The van der Waals surface area contributed by atoms with Crippen LogP contribution in [0.15, 0.2) is 29.0 Å². The number of amides is 1. The number of halogens is 2. The Kier molecular flexibility index (Phi) is 3.63. The minimum atomic E-state index is -1.06. The van der Waals surface area contributed by atoms with Crippen molar-refractivity contribution in [3.05, 3.63) is 51.7 Å². The molecule has 1 aromatic carbocycles. The van der Waals surface area contributed by atoms with Crippen LogP contribution < -0.4 is 5.73 Å². The lowest BCUT2D eigenvalue weighted by atomic mass is 10.1. The largest absolute Gasteiger partial charge is 0.398 e. The molecule has 1 aliphatic rings. The van der Waals surface area contributed by atoms with Crippen LogP contribution in [0.3, 0.4) is 0 Å². The van der Waals surface area contributed by atoms with E-state index in [4.69, 9.17) is 5.73 Å². The van der Waals surface area contributed by atoms with E-state index in [1.165, 1.54) is 0 Å². The molecule has 0 bridgehead atoms. The zero-order valence-electron chi connectivity index (χ0n) is 11.2. The Morgan fingerprint density at radius 2 is 2.05 bits per heavy atom. The van der Waals surface area contributed by atoms with Crippen molar-refractivity contribution in [1.29, 1.82) is 0 Å². The summed E-state index contributed by atoms with van der Waals surface area (Å²) < 4.78 is 26.5. The molecule has 0 radical (unpaired) electrons. The molecule has 2 aromatic rings. The molecular formula is C15H14F2N2OS. The van der Waals surface area contributed by atoms with Crippen LogP contribution in [0.4, 0.5) is 14.5 Å². The van der Waals surface area contributed by atoms with Crippen molar-refractivity contribution in [2.45, 2.75) is 25.4 Å². The molecule has 2 N–H and O–H groups in total. The lowest BCUT2D eigenvalue weighted by Crippen LogP contribution is -2.33. The summed E-state index contributed by atoms with van der Waals surface area (Å²) in [5.41, 5.74) is 6.69. The summed E-state index contributed by atoms with van der Waals surface area (Å²) in [5, 5.41) is 3.91. The Morgan fingerprint density at radius 3 is 2.67 bits per heavy atom. The van der Waals surface area contributed by atoms with Crippen molar-refractivity contribution in [1.82, 2.24) is 4.90 Å². The zero-order valence-corrected chi connectivity index (χ0v) is 12.0. The van der Waals surface area contributed by atoms with E-state index in [2.05, 4.69) is 0 Å². The first-order valence-electron chi connectivity index (χ1n) is 6.63. The summed E-state index contributed by atoms with van der Waals surface area (Å²) in [4.78, 5) is 14.3. The molecule has 0 spiro atoms. The van der Waals surface area contributed by atoms with Crippen LogP contribution in [0.1, 0.15) is 28.8 Å². The smallest absolute Gasteiger partial charge is 0.256 e. The van der Waals surface area contributed by atoms with Gasteiger partial charge in [-0.25, -0.2) is 8.78 Å². The average Bonchev–Trinajstić information content (AvgIpc) is 3.16. The Bertz CT molecular complexity index is 669. The highest BCUT2D eigenvalue weighted by Crippen LogP contribution is 2.31. The molecule has 1 aliphatic carbocycles. The minimum Gasteiger partial charge on any atom is -0.398 e. The minimum absolute atomic E-state index is 0.0241. The molecule has 6 heteroatoms. The summed E-state index contributed by atoms with van der Waals surface area (Å²) >= 11 is 1.56. The third-order valence-electron chi connectivity index (χ3n) is 3.50. The maximum absolute atomic E-state index is 13.4. The third kappa shape index (κ3) is 2.90. The van der Waals surface area contributed by atoms with Crippen LogP contribution in [0.2, 0.25) is 0 Å². The molecule has 1 aromatic heterocycles. The van der Waals surface area contributed by atoms with E-state index in [1.54, 1.807) is 16.2 Å². The lowest BCUT2D eigenvalue weighted by molar-refractivity contribution is 0.0730. The second-order valence-corrected chi connectivity index (χ2v) is 5.93. The van der Waals surface area contributed by atoms with Crippen LogP contribution in [-0.2, 0) is 6.54 Å². The van der Waals surface area contributed by atoms with Crippen LogP contribution in [-0.4, -0.2) is 16.8 Å². The highest BCUT2D eigenvalue weighted by molar-refractivity contribution is 7.07. The molecule has 1 fully saturated rings. The number of carbonyl (C=O) groups is 1. The SMILES string of the molecule is Nc1cc(F)c(F)cc1C(=O)N(Cc1ccsc1)C1CC1. The molecule has 0 aliphatic heterocycles. The fourth-order valence-corrected chi connectivity index (χ4v) is 2.89. The summed E-state index contributed by atoms with van der Waals surface area (Å²) in [6.45, 7) is 0.464. The van der Waals surface area contributed by atoms with Crippen molar-refractivity contribution in [2.24, 2.45) is 0 Å². The van der Waals surface area contributed by atoms with Gasteiger partial charge >= 0.3 is 0 Å². The van der Waals surface area contributed by atoms with Gasteiger partial charge in [0, 0.05) is 24.3 Å². The number of nitrogens with zero attached hydrogens (tertiary/aromatic N) is 1. The van der Waals surface area contributed by atoms with E-state index in [1.807, 2.05) is 16.8 Å². The van der Waals surface area contributed by atoms with Gasteiger partial charge in [0.25, 0.3) is 5.91 Å². The summed E-state index contributed by atoms with van der Waals surface area (Å²) in [5.74, 6) is -2.45. The fraction of sp³-hybridized carbons (Fsp3) is 0.267. The maximum atomic E-state index is 13.4. The Morgan fingerprint density at radius 1 is 1.33 bits per heavy atom. The maximum Gasteiger partial charge on any atom is 0.256 e. The number of nitrogen functional groups attached to an aromatic ring is 1. The predicted octanol–water partition coefficient (Wildman–Crippen LogP) is 3.41. The second kappa shape index (κ2) is 5.44. The molecular weight excluding hydrogens is 294 g/mol. The van der Waals surface area contributed by atoms with Gasteiger partial charge in [-0.2, -0.15) is 11.3 Å². The van der Waals surface area contributed by atoms with E-state index in [0.717, 1.165) is 30.5 Å². The quantitative estimate of drug-likeness (QED) is 0.880. The molecule has 1 heterocycles. The number of hydrogen-bond donors (Lipinski definition) is 1. The number of hydrogen-bond acceptors (Lipinski definition) is 3. The number of carbonyl (C=O) groups excluding carboxylic acids is 1. The van der Waals surface area contributed by atoms with Gasteiger partial charge in [0.2, 0.25) is 0 Å². The number of thiophene rings is 1. The molecule has 1 amide bonds. The number of anilines is 1. The molecule has 110 valence electrons. The highest BCUT2D eigenvalue weighted by Gasteiger charge is 2.34. The molecule has 21 heavy (non-hydrogen) atoms. The van der Waals surface area contributed by atoms with E-state index >= 15 is 0 Å². The fourth-order valence-electron chi connectivity index (χ4n) is 2.23. The molecule has 0 atom stereocenters. The number of rotatable bonds is 4. The first-order chi connectivity index (χ1) is 10.1. The van der Waals surface area contributed by atoms with E-state index in [9.17, 15) is 13.6 Å². The van der Waals surface area contributed by atoms with Crippen molar-refractivity contribution in [3.8, 4) is 0 Å². The van der Waals surface area contributed by atoms with Gasteiger partial charge in [0.15, 0.2) is 11.6 Å². The van der Waals surface area contributed by atoms with Crippen LogP contribution in [0, 0.1) is 11.6 Å². The van der Waals surface area contributed by atoms with Gasteiger partial charge in [-0.15, -0.1) is 0 Å². The topological polar surface area (TPSA) is 46.3 Å². The van der Waals surface area contributed by atoms with Crippen molar-refractivity contribution < 1.29 is 13.6 Å². The summed E-state index contributed by atoms with van der Waals surface area (Å²) in [6.07, 6.45) is 1.86. The van der Waals surface area contributed by atoms with E-state index < -0.39 is 11.6 Å². The number of nitrogens with two attached hydrogens (primary N) is 1.